The van der Waals surface area contributed by atoms with Gasteiger partial charge >= 0.3 is 0 Å². The first-order valence-corrected chi connectivity index (χ1v) is 13.0. The maximum atomic E-state index is 15.4. The number of pyridine rings is 1. The van der Waals surface area contributed by atoms with E-state index in [2.05, 4.69) is 52.8 Å². The van der Waals surface area contributed by atoms with Gasteiger partial charge in [0.2, 0.25) is 0 Å². The molecular weight excluding hydrogens is 524 g/mol. The lowest BCUT2D eigenvalue weighted by atomic mass is 9.96. The molecule has 1 saturated carbocycles. The van der Waals surface area contributed by atoms with Gasteiger partial charge in [-0.1, -0.05) is 55.3 Å². The van der Waals surface area contributed by atoms with Crippen LogP contribution in [0.5, 0.6) is 0 Å². The first-order valence-electron chi connectivity index (χ1n) is 13.2. The number of nitrogens with zero attached hydrogens (tertiary/aromatic N) is 5. The van der Waals surface area contributed by atoms with Crippen molar-refractivity contribution in [3.8, 4) is 6.07 Å². The van der Waals surface area contributed by atoms with Crippen LogP contribution in [0.3, 0.4) is 0 Å². The molecule has 4 aromatic rings. The normalized spacial score (nSPS) is 16.8. The highest BCUT2D eigenvalue weighted by Gasteiger charge is 2.41. The molecule has 10 heteroatoms. The van der Waals surface area contributed by atoms with Crippen LogP contribution in [0, 0.1) is 22.6 Å². The Kier molecular flexibility index (Phi) is 6.06. The minimum absolute atomic E-state index is 0.0121. The van der Waals surface area contributed by atoms with Crippen LogP contribution in [0.2, 0.25) is 10.0 Å². The fraction of sp³-hybridized carbons (Fsp3) is 0.357. The molecule has 2 N–H and O–H groups in total. The van der Waals surface area contributed by atoms with E-state index in [1.807, 2.05) is 6.92 Å². The van der Waals surface area contributed by atoms with Crippen molar-refractivity contribution in [2.75, 3.05) is 17.2 Å². The van der Waals surface area contributed by atoms with Crippen molar-refractivity contribution in [2.24, 2.45) is 5.41 Å². The number of nitrogens with one attached hydrogen (secondary N) is 2. The second-order valence-corrected chi connectivity index (χ2v) is 11.8. The lowest BCUT2D eigenvalue weighted by Crippen LogP contribution is -2.20. The Bertz CT molecular complexity index is 1650. The highest BCUT2D eigenvalue weighted by molar-refractivity contribution is 6.36. The van der Waals surface area contributed by atoms with E-state index in [0.29, 0.717) is 34.4 Å². The van der Waals surface area contributed by atoms with E-state index in [9.17, 15) is 6.63 Å². The highest BCUT2D eigenvalue weighted by atomic mass is 35.5. The molecule has 5 rings (SSSR count). The minimum Gasteiger partial charge on any atom is -0.383 e. The van der Waals surface area contributed by atoms with E-state index >= 15 is 4.39 Å². The Balaban J connectivity index is 1.70. The van der Waals surface area contributed by atoms with Crippen LogP contribution in [0.25, 0.3) is 10.9 Å². The summed E-state index contributed by atoms with van der Waals surface area (Å²) in [5.41, 5.74) is 0.860. The van der Waals surface area contributed by atoms with Crippen molar-refractivity contribution in [1.29, 1.82) is 5.26 Å². The number of nitriles is 1. The van der Waals surface area contributed by atoms with Crippen molar-refractivity contribution < 1.29 is 7.13 Å². The van der Waals surface area contributed by atoms with E-state index in [-0.39, 0.29) is 38.4 Å². The van der Waals surface area contributed by atoms with Crippen molar-refractivity contribution in [2.45, 2.75) is 52.1 Å². The van der Waals surface area contributed by atoms with E-state index < -0.39 is 11.8 Å². The number of rotatable bonds is 7. The van der Waals surface area contributed by atoms with Gasteiger partial charge in [-0.25, -0.2) is 9.07 Å². The van der Waals surface area contributed by atoms with Crippen LogP contribution >= 0.6 is 23.2 Å². The molecule has 38 heavy (non-hydrogen) atoms. The van der Waals surface area contributed by atoms with Crippen molar-refractivity contribution in [3.05, 3.63) is 75.4 Å². The largest absolute Gasteiger partial charge is 0.383 e. The third kappa shape index (κ3) is 5.13. The molecule has 0 aliphatic heterocycles. The minimum atomic E-state index is -2.15. The van der Waals surface area contributed by atoms with Crippen LogP contribution in [-0.4, -0.2) is 26.5 Å². The molecule has 0 bridgehead atoms. The van der Waals surface area contributed by atoms with Gasteiger partial charge in [0.05, 0.1) is 36.2 Å². The SMILES string of the molecule is [2H]c1c([C@]([2H])(Nc2cc(Cl)c3ncc(C#N)c(NCC(C)(C)C)c3c2)c2c(F)cccc2Cl)nnn1C1(C)CC1. The molecule has 2 aromatic carbocycles. The summed E-state index contributed by atoms with van der Waals surface area (Å²) >= 11 is 13.1. The molecule has 7 nitrogen and oxygen atoms in total. The third-order valence-electron chi connectivity index (χ3n) is 6.49. The molecule has 1 aliphatic rings. The number of fused-ring (bicyclic) bond motifs is 1. The molecule has 1 fully saturated rings. The summed E-state index contributed by atoms with van der Waals surface area (Å²) in [6.07, 6.45) is 2.98. The van der Waals surface area contributed by atoms with E-state index in [1.54, 1.807) is 12.1 Å². The average Bonchev–Trinajstić information content (AvgIpc) is 3.48. The van der Waals surface area contributed by atoms with Crippen molar-refractivity contribution >= 4 is 45.5 Å². The Morgan fingerprint density at radius 2 is 2.05 bits per heavy atom. The number of anilines is 2. The monoisotopic (exact) mass is 553 g/mol. The Hall–Kier alpha value is -3.41. The van der Waals surface area contributed by atoms with E-state index in [0.717, 1.165) is 12.8 Å². The molecule has 1 atom stereocenters. The summed E-state index contributed by atoms with van der Waals surface area (Å²) in [5, 5.41) is 25.3. The maximum absolute atomic E-state index is 15.4. The average molecular weight is 554 g/mol. The Morgan fingerprint density at radius 3 is 2.71 bits per heavy atom. The van der Waals surface area contributed by atoms with Crippen LogP contribution in [0.1, 0.15) is 66.1 Å². The lowest BCUT2D eigenvalue weighted by Gasteiger charge is -2.23. The van der Waals surface area contributed by atoms with Gasteiger partial charge in [0.1, 0.15) is 23.6 Å². The second kappa shape index (κ2) is 9.72. The maximum Gasteiger partial charge on any atom is 0.130 e. The third-order valence-corrected chi connectivity index (χ3v) is 7.09. The molecule has 2 heterocycles. The first kappa shape index (κ1) is 23.7. The Morgan fingerprint density at radius 1 is 1.29 bits per heavy atom. The molecule has 196 valence electrons. The van der Waals surface area contributed by atoms with Gasteiger partial charge in [0, 0.05) is 34.4 Å². The number of aromatic nitrogens is 4. The second-order valence-electron chi connectivity index (χ2n) is 11.0. The molecule has 0 radical (unpaired) electrons. The zero-order chi connectivity index (χ0) is 29.0. The predicted octanol–water partition coefficient (Wildman–Crippen LogP) is 7.31. The van der Waals surface area contributed by atoms with Gasteiger partial charge in [0.15, 0.2) is 0 Å². The van der Waals surface area contributed by atoms with Gasteiger partial charge < -0.3 is 10.6 Å². The highest BCUT2D eigenvalue weighted by Crippen LogP contribution is 2.43. The quantitative estimate of drug-likeness (QED) is 0.249. The van der Waals surface area contributed by atoms with E-state index in [1.165, 1.54) is 29.1 Å². The fourth-order valence-corrected chi connectivity index (χ4v) is 4.58. The standard InChI is InChI=1S/C28H28Cl2FN7/c1-27(2,3)15-34-24-16(12-32)13-33-25-18(24)10-17(11-20(25)30)35-26(23-19(29)6-5-7-21(23)31)22-14-38(37-36-22)28(4)8-9-28/h5-7,10-11,13-14,26,35H,8-9,15H2,1-4H3,(H,33,34)/t26-/m0/s1/i14D,26D. The molecule has 1 aliphatic carbocycles. The molecule has 0 spiro atoms. The van der Waals surface area contributed by atoms with Crippen molar-refractivity contribution in [1.82, 2.24) is 20.0 Å². The van der Waals surface area contributed by atoms with Crippen LogP contribution < -0.4 is 10.6 Å². The van der Waals surface area contributed by atoms with Gasteiger partial charge in [-0.15, -0.1) is 5.10 Å². The van der Waals surface area contributed by atoms with Crippen LogP contribution in [0.4, 0.5) is 15.8 Å². The van der Waals surface area contributed by atoms with Crippen LogP contribution in [-0.2, 0) is 5.54 Å². The Labute approximate surface area is 233 Å². The fourth-order valence-electron chi connectivity index (χ4n) is 4.06. The molecule has 0 unspecified atom stereocenters. The molecule has 2 aromatic heterocycles. The number of hydrogen-bond acceptors (Lipinski definition) is 6. The topological polar surface area (TPSA) is 91.4 Å². The number of hydrogen-bond donors (Lipinski definition) is 2. The summed E-state index contributed by atoms with van der Waals surface area (Å²) in [7, 11) is 0. The first-order chi connectivity index (χ1) is 18.8. The van der Waals surface area contributed by atoms with Gasteiger partial charge in [-0.05, 0) is 49.4 Å². The lowest BCUT2D eigenvalue weighted by molar-refractivity contribution is 0.443. The van der Waals surface area contributed by atoms with Gasteiger partial charge in [-0.3, -0.25) is 4.98 Å². The van der Waals surface area contributed by atoms with Gasteiger partial charge in [-0.2, -0.15) is 5.26 Å². The zero-order valence-electron chi connectivity index (χ0n) is 23.5. The summed E-state index contributed by atoms with van der Waals surface area (Å²) in [6, 6.07) is 7.39. The summed E-state index contributed by atoms with van der Waals surface area (Å²) in [4.78, 5) is 4.38. The van der Waals surface area contributed by atoms with Crippen molar-refractivity contribution in [3.63, 3.8) is 0 Å². The predicted molar refractivity (Wildman–Crippen MR) is 149 cm³/mol. The number of halogens is 3. The number of benzene rings is 2. The smallest absolute Gasteiger partial charge is 0.130 e. The molecule has 0 saturated heterocycles. The van der Waals surface area contributed by atoms with Crippen LogP contribution in [0.15, 0.2) is 42.7 Å². The van der Waals surface area contributed by atoms with E-state index in [4.69, 9.17) is 24.6 Å². The molecular formula is C28H28Cl2FN7. The summed E-state index contributed by atoms with van der Waals surface area (Å²) in [5.74, 6) is -0.741. The zero-order valence-corrected chi connectivity index (χ0v) is 23.0. The molecule has 0 amide bonds. The summed E-state index contributed by atoms with van der Waals surface area (Å²) < 4.78 is 35.3. The van der Waals surface area contributed by atoms with Gasteiger partial charge in [0.25, 0.3) is 0 Å². The summed E-state index contributed by atoms with van der Waals surface area (Å²) in [6.45, 7) is 8.71.